The van der Waals surface area contributed by atoms with Gasteiger partial charge in [0.15, 0.2) is 5.69 Å². The molecule has 1 N–H and O–H groups in total. The van der Waals surface area contributed by atoms with Crippen LogP contribution in [0.4, 0.5) is 11.6 Å². The first-order valence-corrected chi connectivity index (χ1v) is 10.4. The average Bonchev–Trinajstić information content (AvgIpc) is 3.35. The summed E-state index contributed by atoms with van der Waals surface area (Å²) in [4.78, 5) is 9.09. The largest absolute Gasteiger partial charge is 0.467 e. The lowest BCUT2D eigenvalue weighted by atomic mass is 10.3. The van der Waals surface area contributed by atoms with Crippen molar-refractivity contribution in [3.05, 3.63) is 24.2 Å². The Balaban J connectivity index is 1.70. The smallest absolute Gasteiger partial charge is 0.257 e. The second-order valence-corrected chi connectivity index (χ2v) is 7.81. The molecule has 0 saturated carbocycles. The fraction of sp³-hybridized carbons (Fsp3) is 0.524. The molecule has 170 valence electrons. The Hall–Kier alpha value is -3.20. The van der Waals surface area contributed by atoms with Crippen molar-refractivity contribution in [2.45, 2.75) is 32.0 Å². The molecule has 3 aromatic heterocycles. The van der Waals surface area contributed by atoms with Crippen LogP contribution < -0.4 is 10.1 Å². The van der Waals surface area contributed by atoms with E-state index in [-0.39, 0.29) is 29.8 Å². The molecule has 1 aliphatic heterocycles. The monoisotopic (exact) mass is 441 g/mol. The summed E-state index contributed by atoms with van der Waals surface area (Å²) >= 11 is 0. The standard InChI is InChI=1S/C21H27N7O4/c1-13(9-29-3)27-6-5-16-17(7-22)23-21(25-19(16)27)24-18-8-28(14(2)10-30-4)26-20(18)32-15-11-31-12-15/h5-6,8,13-15H,9-12H2,1-4H3,(H,23,24,25)/t13-,14+/m0/s1. The molecule has 11 nitrogen and oxygen atoms in total. The first-order valence-electron chi connectivity index (χ1n) is 10.4. The zero-order chi connectivity index (χ0) is 22.7. The normalized spacial score (nSPS) is 15.8. The molecular formula is C21H27N7O4. The first-order chi connectivity index (χ1) is 15.5. The molecule has 4 heterocycles. The zero-order valence-electron chi connectivity index (χ0n) is 18.6. The number of anilines is 2. The third kappa shape index (κ3) is 4.38. The summed E-state index contributed by atoms with van der Waals surface area (Å²) < 4.78 is 25.5. The van der Waals surface area contributed by atoms with E-state index in [4.69, 9.17) is 18.9 Å². The Morgan fingerprint density at radius 1 is 1.22 bits per heavy atom. The summed E-state index contributed by atoms with van der Waals surface area (Å²) in [5, 5.41) is 18.1. The van der Waals surface area contributed by atoms with Gasteiger partial charge in [-0.2, -0.15) is 10.2 Å². The summed E-state index contributed by atoms with van der Waals surface area (Å²) in [5.41, 5.74) is 1.54. The molecule has 3 aromatic rings. The second kappa shape index (κ2) is 9.52. The molecule has 4 rings (SSSR count). The van der Waals surface area contributed by atoms with Crippen LogP contribution in [-0.4, -0.2) is 71.1 Å². The number of rotatable bonds is 10. The highest BCUT2D eigenvalue weighted by molar-refractivity contribution is 5.83. The minimum atomic E-state index is -0.0539. The molecular weight excluding hydrogens is 414 g/mol. The number of methoxy groups -OCH3 is 2. The van der Waals surface area contributed by atoms with E-state index in [1.165, 1.54) is 0 Å². The lowest BCUT2D eigenvalue weighted by Gasteiger charge is -2.26. The van der Waals surface area contributed by atoms with Crippen molar-refractivity contribution < 1.29 is 18.9 Å². The van der Waals surface area contributed by atoms with Crippen molar-refractivity contribution in [1.29, 1.82) is 5.26 Å². The van der Waals surface area contributed by atoms with E-state index in [9.17, 15) is 5.26 Å². The van der Waals surface area contributed by atoms with Crippen LogP contribution in [0.25, 0.3) is 11.0 Å². The molecule has 32 heavy (non-hydrogen) atoms. The van der Waals surface area contributed by atoms with Crippen molar-refractivity contribution in [2.24, 2.45) is 0 Å². The van der Waals surface area contributed by atoms with Crippen molar-refractivity contribution in [2.75, 3.05) is 46.0 Å². The maximum atomic E-state index is 9.66. The van der Waals surface area contributed by atoms with Crippen LogP contribution in [0.3, 0.4) is 0 Å². The summed E-state index contributed by atoms with van der Waals surface area (Å²) in [5.74, 6) is 0.707. The number of nitrogens with one attached hydrogen (secondary N) is 1. The molecule has 0 bridgehead atoms. The predicted octanol–water partition coefficient (Wildman–Crippen LogP) is 2.44. The van der Waals surface area contributed by atoms with Gasteiger partial charge in [-0.3, -0.25) is 4.68 Å². The zero-order valence-corrected chi connectivity index (χ0v) is 18.6. The average molecular weight is 441 g/mol. The third-order valence-electron chi connectivity index (χ3n) is 5.25. The van der Waals surface area contributed by atoms with E-state index in [0.29, 0.717) is 49.0 Å². The minimum absolute atomic E-state index is 0.000680. The highest BCUT2D eigenvalue weighted by atomic mass is 16.6. The highest BCUT2D eigenvalue weighted by Crippen LogP contribution is 2.30. The Kier molecular flexibility index (Phi) is 6.55. The van der Waals surface area contributed by atoms with Crippen LogP contribution in [0.2, 0.25) is 0 Å². The summed E-state index contributed by atoms with van der Waals surface area (Å²) in [6.07, 6.45) is 3.66. The third-order valence-corrected chi connectivity index (χ3v) is 5.25. The van der Waals surface area contributed by atoms with E-state index >= 15 is 0 Å². The van der Waals surface area contributed by atoms with Gasteiger partial charge in [0.2, 0.25) is 5.95 Å². The second-order valence-electron chi connectivity index (χ2n) is 7.81. The van der Waals surface area contributed by atoms with Gasteiger partial charge in [-0.05, 0) is 19.9 Å². The molecule has 0 aromatic carbocycles. The number of nitriles is 1. The van der Waals surface area contributed by atoms with Crippen LogP contribution >= 0.6 is 0 Å². The van der Waals surface area contributed by atoms with Crippen molar-refractivity contribution in [1.82, 2.24) is 24.3 Å². The van der Waals surface area contributed by atoms with Gasteiger partial charge in [-0.15, -0.1) is 5.10 Å². The van der Waals surface area contributed by atoms with E-state index in [0.717, 1.165) is 0 Å². The fourth-order valence-electron chi connectivity index (χ4n) is 3.50. The van der Waals surface area contributed by atoms with Gasteiger partial charge in [0.25, 0.3) is 5.88 Å². The van der Waals surface area contributed by atoms with Gasteiger partial charge >= 0.3 is 0 Å². The van der Waals surface area contributed by atoms with E-state index < -0.39 is 0 Å². The van der Waals surface area contributed by atoms with Gasteiger partial charge in [0, 0.05) is 20.4 Å². The van der Waals surface area contributed by atoms with Gasteiger partial charge in [0.1, 0.15) is 23.5 Å². The molecule has 0 aliphatic carbocycles. The maximum absolute atomic E-state index is 9.66. The number of hydrogen-bond acceptors (Lipinski definition) is 9. The Labute approximate surface area is 185 Å². The SMILES string of the molecule is COC[C@@H](C)n1cc(Nc2nc(C#N)c3ccn([C@@H](C)COC)c3n2)c(OC2COC2)n1. The summed E-state index contributed by atoms with van der Waals surface area (Å²) in [6, 6.07) is 4.06. The van der Waals surface area contributed by atoms with Gasteiger partial charge in [-0.1, -0.05) is 0 Å². The quantitative estimate of drug-likeness (QED) is 0.505. The molecule has 2 atom stereocenters. The molecule has 1 fully saturated rings. The van der Waals surface area contributed by atoms with Crippen LogP contribution in [0.15, 0.2) is 18.5 Å². The van der Waals surface area contributed by atoms with E-state index in [1.807, 2.05) is 36.9 Å². The van der Waals surface area contributed by atoms with Gasteiger partial charge in [-0.25, -0.2) is 4.98 Å². The van der Waals surface area contributed by atoms with Gasteiger partial charge in [0.05, 0.1) is 50.1 Å². The van der Waals surface area contributed by atoms with Crippen molar-refractivity contribution in [3.63, 3.8) is 0 Å². The number of aromatic nitrogens is 5. The topological polar surface area (TPSA) is 121 Å². The Bertz CT molecular complexity index is 1120. The number of ether oxygens (including phenoxy) is 4. The highest BCUT2D eigenvalue weighted by Gasteiger charge is 2.25. The Morgan fingerprint density at radius 2 is 1.97 bits per heavy atom. The lowest BCUT2D eigenvalue weighted by Crippen LogP contribution is -2.38. The molecule has 0 amide bonds. The van der Waals surface area contributed by atoms with Crippen molar-refractivity contribution in [3.8, 4) is 11.9 Å². The number of fused-ring (bicyclic) bond motifs is 1. The molecule has 1 saturated heterocycles. The maximum Gasteiger partial charge on any atom is 0.257 e. The van der Waals surface area contributed by atoms with E-state index in [2.05, 4.69) is 26.5 Å². The fourth-order valence-corrected chi connectivity index (χ4v) is 3.50. The Morgan fingerprint density at radius 3 is 2.62 bits per heavy atom. The van der Waals surface area contributed by atoms with E-state index in [1.54, 1.807) is 18.9 Å². The number of hydrogen-bond donors (Lipinski definition) is 1. The summed E-state index contributed by atoms with van der Waals surface area (Å²) in [7, 11) is 3.30. The minimum Gasteiger partial charge on any atom is -0.467 e. The lowest BCUT2D eigenvalue weighted by molar-refractivity contribution is -0.0813. The van der Waals surface area contributed by atoms with Crippen LogP contribution in [-0.2, 0) is 14.2 Å². The summed E-state index contributed by atoms with van der Waals surface area (Å²) in [6.45, 7) is 6.08. The molecule has 0 radical (unpaired) electrons. The number of nitrogens with zero attached hydrogens (tertiary/aromatic N) is 6. The molecule has 1 aliphatic rings. The predicted molar refractivity (Wildman–Crippen MR) is 116 cm³/mol. The molecule has 0 spiro atoms. The van der Waals surface area contributed by atoms with Crippen molar-refractivity contribution >= 4 is 22.7 Å². The van der Waals surface area contributed by atoms with Crippen LogP contribution in [0.5, 0.6) is 5.88 Å². The molecule has 11 heteroatoms. The first kappa shape index (κ1) is 22.0. The van der Waals surface area contributed by atoms with Crippen LogP contribution in [0.1, 0.15) is 31.6 Å². The van der Waals surface area contributed by atoms with Crippen LogP contribution in [0, 0.1) is 11.3 Å². The molecule has 0 unspecified atom stereocenters. The van der Waals surface area contributed by atoms with Gasteiger partial charge < -0.3 is 28.8 Å².